The highest BCUT2D eigenvalue weighted by atomic mass is 16.6. The van der Waals surface area contributed by atoms with Gasteiger partial charge in [0.1, 0.15) is 11.4 Å². The number of benzene rings is 1. The molecule has 1 saturated heterocycles. The molecule has 0 spiro atoms. The summed E-state index contributed by atoms with van der Waals surface area (Å²) >= 11 is 0. The first-order valence-corrected chi connectivity index (χ1v) is 12.2. The zero-order valence-corrected chi connectivity index (χ0v) is 20.6. The third-order valence-corrected chi connectivity index (χ3v) is 6.58. The molecule has 2 aliphatic heterocycles. The molecular weight excluding hydrogens is 448 g/mol. The van der Waals surface area contributed by atoms with Crippen LogP contribution in [0, 0.1) is 11.8 Å². The Morgan fingerprint density at radius 2 is 1.80 bits per heavy atom. The summed E-state index contributed by atoms with van der Waals surface area (Å²) in [5.74, 6) is 0.123. The van der Waals surface area contributed by atoms with Crippen molar-refractivity contribution in [1.82, 2.24) is 19.8 Å². The van der Waals surface area contributed by atoms with Gasteiger partial charge in [-0.1, -0.05) is 12.1 Å². The number of fused-ring (bicyclic) bond motifs is 1. The predicted octanol–water partition coefficient (Wildman–Crippen LogP) is 3.57. The maximum atomic E-state index is 12.8. The number of nitrogens with one attached hydrogen (secondary N) is 1. The van der Waals surface area contributed by atoms with E-state index in [-0.39, 0.29) is 11.8 Å². The van der Waals surface area contributed by atoms with E-state index in [9.17, 15) is 14.4 Å². The number of ether oxygens (including phenoxy) is 1. The quantitative estimate of drug-likeness (QED) is 0.674. The van der Waals surface area contributed by atoms with E-state index >= 15 is 0 Å². The van der Waals surface area contributed by atoms with Crippen molar-refractivity contribution in [2.75, 3.05) is 19.6 Å². The molecule has 2 N–H and O–H groups in total. The number of aryl methyl sites for hydroxylation is 1. The van der Waals surface area contributed by atoms with Crippen LogP contribution in [0.5, 0.6) is 0 Å². The number of carbonyl (C=O) groups is 3. The van der Waals surface area contributed by atoms with E-state index in [0.717, 1.165) is 36.5 Å². The molecule has 1 fully saturated rings. The molecule has 1 aromatic heterocycles. The van der Waals surface area contributed by atoms with Crippen molar-refractivity contribution in [3.05, 3.63) is 41.9 Å². The minimum Gasteiger partial charge on any atom is -0.481 e. The Balaban J connectivity index is 1.34. The predicted molar refractivity (Wildman–Crippen MR) is 130 cm³/mol. The van der Waals surface area contributed by atoms with Crippen LogP contribution in [0.2, 0.25) is 0 Å². The Bertz CT molecular complexity index is 1080. The van der Waals surface area contributed by atoms with Crippen LogP contribution < -0.4 is 5.32 Å². The molecule has 35 heavy (non-hydrogen) atoms. The van der Waals surface area contributed by atoms with Crippen LogP contribution in [0.15, 0.2) is 30.5 Å². The number of amides is 2. The van der Waals surface area contributed by atoms with Gasteiger partial charge in [-0.25, -0.2) is 9.78 Å². The van der Waals surface area contributed by atoms with E-state index in [2.05, 4.69) is 9.88 Å². The van der Waals surface area contributed by atoms with Crippen LogP contribution in [0.4, 0.5) is 4.79 Å². The van der Waals surface area contributed by atoms with Crippen LogP contribution in [-0.2, 0) is 22.5 Å². The van der Waals surface area contributed by atoms with Gasteiger partial charge in [-0.2, -0.15) is 0 Å². The van der Waals surface area contributed by atoms with Crippen LogP contribution in [0.1, 0.15) is 56.2 Å². The molecule has 188 valence electrons. The van der Waals surface area contributed by atoms with Gasteiger partial charge in [-0.15, -0.1) is 0 Å². The van der Waals surface area contributed by atoms with Gasteiger partial charge >= 0.3 is 12.1 Å². The number of piperidine rings is 1. The molecule has 0 radical (unpaired) electrons. The second kappa shape index (κ2) is 10.1. The molecule has 9 nitrogen and oxygen atoms in total. The molecular formula is C26H34N4O5. The molecule has 2 amide bonds. The van der Waals surface area contributed by atoms with Crippen LogP contribution in [0.25, 0.3) is 11.3 Å². The monoisotopic (exact) mass is 482 g/mol. The largest absolute Gasteiger partial charge is 0.481 e. The Morgan fingerprint density at radius 3 is 2.43 bits per heavy atom. The van der Waals surface area contributed by atoms with Gasteiger partial charge in [0.15, 0.2) is 0 Å². The topological polar surface area (TPSA) is 114 Å². The second-order valence-corrected chi connectivity index (χ2v) is 10.5. The number of hydrogen-bond donors (Lipinski definition) is 2. The highest BCUT2D eigenvalue weighted by Crippen LogP contribution is 2.26. The number of carbonyl (C=O) groups excluding carboxylic acids is 2. The number of carboxylic acid groups (broad SMARTS) is 1. The third-order valence-electron chi connectivity index (χ3n) is 6.58. The summed E-state index contributed by atoms with van der Waals surface area (Å²) < 4.78 is 7.46. The average molecular weight is 483 g/mol. The molecule has 0 aliphatic carbocycles. The number of aliphatic carboxylic acids is 1. The fourth-order valence-corrected chi connectivity index (χ4v) is 4.66. The number of aromatic nitrogens is 2. The van der Waals surface area contributed by atoms with E-state index in [4.69, 9.17) is 14.8 Å². The maximum absolute atomic E-state index is 12.8. The first-order valence-electron chi connectivity index (χ1n) is 12.2. The lowest BCUT2D eigenvalue weighted by Crippen LogP contribution is -2.40. The van der Waals surface area contributed by atoms with Crippen LogP contribution >= 0.6 is 0 Å². The van der Waals surface area contributed by atoms with Gasteiger partial charge in [0.2, 0.25) is 0 Å². The summed E-state index contributed by atoms with van der Waals surface area (Å²) in [6.45, 7) is 7.81. The van der Waals surface area contributed by atoms with Crippen molar-refractivity contribution in [3.63, 3.8) is 0 Å². The van der Waals surface area contributed by atoms with Gasteiger partial charge in [0.05, 0.1) is 11.6 Å². The van der Waals surface area contributed by atoms with Gasteiger partial charge in [-0.05, 0) is 58.1 Å². The number of alkyl carbamates (subject to hydrolysis) is 1. The van der Waals surface area contributed by atoms with E-state index in [1.165, 1.54) is 0 Å². The molecule has 4 rings (SSSR count). The Morgan fingerprint density at radius 1 is 1.11 bits per heavy atom. The lowest BCUT2D eigenvalue weighted by atomic mass is 9.96. The zero-order valence-electron chi connectivity index (χ0n) is 20.6. The van der Waals surface area contributed by atoms with Crippen LogP contribution in [0.3, 0.4) is 0 Å². The first-order chi connectivity index (χ1) is 16.6. The lowest BCUT2D eigenvalue weighted by molar-refractivity contribution is -0.143. The van der Waals surface area contributed by atoms with Gasteiger partial charge in [0.25, 0.3) is 5.91 Å². The molecule has 0 bridgehead atoms. The number of hydrogen-bond acceptors (Lipinski definition) is 5. The summed E-state index contributed by atoms with van der Waals surface area (Å²) in [6.07, 6.45) is 4.40. The molecule has 2 aliphatic rings. The second-order valence-electron chi connectivity index (χ2n) is 10.5. The first kappa shape index (κ1) is 24.8. The van der Waals surface area contributed by atoms with Crippen molar-refractivity contribution < 1.29 is 24.2 Å². The van der Waals surface area contributed by atoms with E-state index in [0.29, 0.717) is 44.0 Å². The van der Waals surface area contributed by atoms with Crippen molar-refractivity contribution >= 4 is 18.0 Å². The number of nitrogens with zero attached hydrogens (tertiary/aromatic N) is 3. The van der Waals surface area contributed by atoms with E-state index in [1.54, 1.807) is 4.90 Å². The fourth-order valence-electron chi connectivity index (χ4n) is 4.66. The van der Waals surface area contributed by atoms with Gasteiger partial charge < -0.3 is 24.6 Å². The molecule has 1 unspecified atom stereocenters. The minimum atomic E-state index is -0.783. The summed E-state index contributed by atoms with van der Waals surface area (Å²) in [5, 5.41) is 12.0. The van der Waals surface area contributed by atoms with Gasteiger partial charge in [-0.3, -0.25) is 9.59 Å². The van der Waals surface area contributed by atoms with Crippen molar-refractivity contribution in [2.24, 2.45) is 11.8 Å². The van der Waals surface area contributed by atoms with E-state index in [1.807, 2.05) is 51.2 Å². The summed E-state index contributed by atoms with van der Waals surface area (Å²) in [6, 6.07) is 7.44. The molecule has 1 aromatic carbocycles. The van der Waals surface area contributed by atoms with Crippen molar-refractivity contribution in [2.45, 2.75) is 58.6 Å². The summed E-state index contributed by atoms with van der Waals surface area (Å²) in [4.78, 5) is 42.4. The molecule has 3 heterocycles. The summed E-state index contributed by atoms with van der Waals surface area (Å²) in [7, 11) is 0. The molecule has 0 saturated carbocycles. The number of rotatable bonds is 5. The number of likely N-dealkylation sites (tertiary alicyclic amines) is 1. The zero-order chi connectivity index (χ0) is 25.2. The average Bonchev–Trinajstić information content (AvgIpc) is 3.25. The molecule has 9 heteroatoms. The SMILES string of the molecule is CC(C)(C)OC(=O)NCC1CCc2nc(-c3ccc(C(=O)N4CCC(C(=O)O)CC4)cc3)cn2C1. The normalized spacial score (nSPS) is 18.6. The lowest BCUT2D eigenvalue weighted by Gasteiger charge is -2.30. The maximum Gasteiger partial charge on any atom is 0.407 e. The Hall–Kier alpha value is -3.36. The fraction of sp³-hybridized carbons (Fsp3) is 0.538. The summed E-state index contributed by atoms with van der Waals surface area (Å²) in [5.41, 5.74) is 1.89. The van der Waals surface area contributed by atoms with Gasteiger partial charge in [0, 0.05) is 49.9 Å². The van der Waals surface area contributed by atoms with Crippen molar-refractivity contribution in [3.8, 4) is 11.3 Å². The smallest absolute Gasteiger partial charge is 0.407 e. The van der Waals surface area contributed by atoms with Crippen molar-refractivity contribution in [1.29, 1.82) is 0 Å². The molecule has 2 aromatic rings. The molecule has 1 atom stereocenters. The Kier molecular flexibility index (Phi) is 7.14. The number of imidazole rings is 1. The minimum absolute atomic E-state index is 0.0650. The third kappa shape index (κ3) is 6.21. The highest BCUT2D eigenvalue weighted by Gasteiger charge is 2.28. The highest BCUT2D eigenvalue weighted by molar-refractivity contribution is 5.94. The number of carboxylic acids is 1. The van der Waals surface area contributed by atoms with E-state index < -0.39 is 17.7 Å². The van der Waals surface area contributed by atoms with Crippen LogP contribution in [-0.4, -0.2) is 62.8 Å². The Labute approximate surface area is 205 Å². The standard InChI is InChI=1S/C26H34N4O5/c1-26(2,3)35-25(34)27-14-17-4-9-22-28-21(16-30(22)15-17)18-5-7-19(8-6-18)23(31)29-12-10-20(11-13-29)24(32)33/h5-8,16-17,20H,4,9-15H2,1-3H3,(H,27,34)(H,32,33).